The Morgan fingerprint density at radius 2 is 1.75 bits per heavy atom. The van der Waals surface area contributed by atoms with Crippen LogP contribution >= 0.6 is 0 Å². The molecular formula is C9H11F2N. The van der Waals surface area contributed by atoms with Crippen LogP contribution in [-0.2, 0) is 0 Å². The van der Waals surface area contributed by atoms with E-state index in [9.17, 15) is 8.78 Å². The molecule has 0 bridgehead atoms. The first-order chi connectivity index (χ1) is 5.88. The van der Waals surface area contributed by atoms with Crippen LogP contribution in [0.3, 0.4) is 0 Å². The summed E-state index contributed by atoms with van der Waals surface area (Å²) in [7, 11) is 0. The molecule has 0 amide bonds. The molecule has 66 valence electrons. The molecule has 0 radical (unpaired) electrons. The minimum atomic E-state index is -0.645. The lowest BCUT2D eigenvalue weighted by Gasteiger charge is -2.18. The molecule has 0 saturated carbocycles. The van der Waals surface area contributed by atoms with Gasteiger partial charge in [-0.1, -0.05) is 18.2 Å². The Kier molecular flexibility index (Phi) is 3.51. The molecule has 0 unspecified atom stereocenters. The van der Waals surface area contributed by atoms with E-state index in [1.807, 2.05) is 6.07 Å². The van der Waals surface area contributed by atoms with Gasteiger partial charge in [0, 0.05) is 12.2 Å². The molecule has 0 aromatic heterocycles. The Morgan fingerprint density at radius 3 is 2.25 bits per heavy atom. The first-order valence-electron chi connectivity index (χ1n) is 3.80. The number of benzene rings is 1. The maximum atomic E-state index is 12.3. The van der Waals surface area contributed by atoms with Crippen molar-refractivity contribution in [3.63, 3.8) is 0 Å². The van der Waals surface area contributed by atoms with Crippen molar-refractivity contribution < 1.29 is 8.78 Å². The highest BCUT2D eigenvalue weighted by Gasteiger charge is 2.02. The average Bonchev–Trinajstić information content (AvgIpc) is 2.15. The third-order valence-corrected chi connectivity index (χ3v) is 1.62. The van der Waals surface area contributed by atoms with Crippen molar-refractivity contribution in [2.24, 2.45) is 0 Å². The molecular weight excluding hydrogens is 160 g/mol. The zero-order valence-corrected chi connectivity index (χ0v) is 6.71. The highest BCUT2D eigenvalue weighted by Crippen LogP contribution is 2.12. The summed E-state index contributed by atoms with van der Waals surface area (Å²) in [5.74, 6) is 0. The van der Waals surface area contributed by atoms with Crippen LogP contribution in [0.4, 0.5) is 14.5 Å². The second-order valence-electron chi connectivity index (χ2n) is 2.41. The molecule has 0 fully saturated rings. The van der Waals surface area contributed by atoms with E-state index in [-0.39, 0.29) is 6.54 Å². The molecule has 12 heavy (non-hydrogen) atoms. The Bertz CT molecular complexity index is 213. The predicted molar refractivity (Wildman–Crippen MR) is 45.7 cm³/mol. The largest absolute Gasteiger partial charge is 0.342 e. The van der Waals surface area contributed by atoms with E-state index in [4.69, 9.17) is 0 Å². The third kappa shape index (κ3) is 2.19. The summed E-state index contributed by atoms with van der Waals surface area (Å²) in [4.78, 5) is 1.35. The fraction of sp³-hybridized carbons (Fsp3) is 0.333. The van der Waals surface area contributed by atoms with Gasteiger partial charge in [0.05, 0.1) is 0 Å². The topological polar surface area (TPSA) is 3.24 Å². The maximum absolute atomic E-state index is 12.3. The quantitative estimate of drug-likeness (QED) is 0.629. The van der Waals surface area contributed by atoms with Crippen LogP contribution in [-0.4, -0.2) is 20.0 Å². The Balaban J connectivity index is 2.66. The van der Waals surface area contributed by atoms with Crippen molar-refractivity contribution in [2.75, 3.05) is 24.9 Å². The molecule has 0 aliphatic carbocycles. The summed E-state index contributed by atoms with van der Waals surface area (Å²) < 4.78 is 24.2. The summed E-state index contributed by atoms with van der Waals surface area (Å²) >= 11 is 0. The number of rotatable bonds is 4. The molecule has 0 heterocycles. The number of nitrogens with zero attached hydrogens (tertiary/aromatic N) is 1. The van der Waals surface area contributed by atoms with Crippen LogP contribution in [0.5, 0.6) is 0 Å². The Hall–Kier alpha value is -1.12. The Morgan fingerprint density at radius 1 is 1.08 bits per heavy atom. The number of alkyl halides is 2. The molecule has 1 aromatic rings. The molecule has 1 nitrogen and oxygen atoms in total. The number of hydrogen-bond acceptors (Lipinski definition) is 1. The maximum Gasteiger partial charge on any atom is 0.162 e. The van der Waals surface area contributed by atoms with Crippen LogP contribution in [0.2, 0.25) is 0 Å². The second kappa shape index (κ2) is 4.70. The van der Waals surface area contributed by atoms with Crippen molar-refractivity contribution in [3.05, 3.63) is 30.3 Å². The molecule has 0 spiro atoms. The van der Waals surface area contributed by atoms with Crippen LogP contribution in [0.1, 0.15) is 0 Å². The van der Waals surface area contributed by atoms with Crippen LogP contribution in [0.25, 0.3) is 0 Å². The van der Waals surface area contributed by atoms with E-state index < -0.39 is 13.5 Å². The average molecular weight is 171 g/mol. The molecule has 0 atom stereocenters. The van der Waals surface area contributed by atoms with E-state index in [1.54, 1.807) is 24.3 Å². The van der Waals surface area contributed by atoms with Gasteiger partial charge in [-0.15, -0.1) is 0 Å². The van der Waals surface area contributed by atoms with Gasteiger partial charge in [0.15, 0.2) is 6.80 Å². The fourth-order valence-electron chi connectivity index (χ4n) is 0.999. The lowest BCUT2D eigenvalue weighted by atomic mass is 10.3. The molecule has 1 aromatic carbocycles. The zero-order valence-electron chi connectivity index (χ0n) is 6.71. The summed E-state index contributed by atoms with van der Waals surface area (Å²) in [6, 6.07) is 8.96. The molecule has 0 saturated heterocycles. The van der Waals surface area contributed by atoms with Gasteiger partial charge in [0.1, 0.15) is 6.67 Å². The van der Waals surface area contributed by atoms with E-state index in [2.05, 4.69) is 0 Å². The van der Waals surface area contributed by atoms with Gasteiger partial charge in [-0.3, -0.25) is 0 Å². The van der Waals surface area contributed by atoms with Crippen LogP contribution in [0, 0.1) is 0 Å². The molecule has 0 aliphatic rings. The summed E-state index contributed by atoms with van der Waals surface area (Å²) in [5.41, 5.74) is 0.720. The van der Waals surface area contributed by atoms with Gasteiger partial charge >= 0.3 is 0 Å². The lowest BCUT2D eigenvalue weighted by Crippen LogP contribution is -2.24. The van der Waals surface area contributed by atoms with E-state index >= 15 is 0 Å². The first-order valence-corrected chi connectivity index (χ1v) is 3.80. The normalized spacial score (nSPS) is 9.83. The van der Waals surface area contributed by atoms with Gasteiger partial charge in [-0.25, -0.2) is 8.78 Å². The standard InChI is InChI=1S/C9H11F2N/c10-6-7-12(8-11)9-4-2-1-3-5-9/h1-5H,6-8H2. The number of hydrogen-bond donors (Lipinski definition) is 0. The van der Waals surface area contributed by atoms with Gasteiger partial charge in [-0.05, 0) is 12.1 Å². The van der Waals surface area contributed by atoms with Crippen molar-refractivity contribution in [3.8, 4) is 0 Å². The fourth-order valence-corrected chi connectivity index (χ4v) is 0.999. The lowest BCUT2D eigenvalue weighted by molar-refractivity contribution is 0.432. The van der Waals surface area contributed by atoms with Crippen molar-refractivity contribution in [1.29, 1.82) is 0 Å². The minimum Gasteiger partial charge on any atom is -0.342 e. The summed E-state index contributed by atoms with van der Waals surface area (Å²) in [6.45, 7) is -1.06. The van der Waals surface area contributed by atoms with Gasteiger partial charge < -0.3 is 4.90 Å². The van der Waals surface area contributed by atoms with E-state index in [0.717, 1.165) is 5.69 Å². The third-order valence-electron chi connectivity index (χ3n) is 1.62. The molecule has 0 N–H and O–H groups in total. The molecule has 0 aliphatic heterocycles. The summed E-state index contributed by atoms with van der Waals surface area (Å²) in [6.07, 6.45) is 0. The van der Waals surface area contributed by atoms with E-state index in [1.165, 1.54) is 4.90 Å². The number of anilines is 1. The van der Waals surface area contributed by atoms with Crippen LogP contribution < -0.4 is 4.90 Å². The van der Waals surface area contributed by atoms with Crippen molar-refractivity contribution in [1.82, 2.24) is 0 Å². The Labute approximate surface area is 70.6 Å². The van der Waals surface area contributed by atoms with Crippen molar-refractivity contribution in [2.45, 2.75) is 0 Å². The van der Waals surface area contributed by atoms with Crippen LogP contribution in [0.15, 0.2) is 30.3 Å². The van der Waals surface area contributed by atoms with Crippen molar-refractivity contribution >= 4 is 5.69 Å². The number of halogens is 2. The monoisotopic (exact) mass is 171 g/mol. The first kappa shape index (κ1) is 8.97. The zero-order chi connectivity index (χ0) is 8.81. The number of para-hydroxylation sites is 1. The highest BCUT2D eigenvalue weighted by atomic mass is 19.1. The molecule has 1 rings (SSSR count). The smallest absolute Gasteiger partial charge is 0.162 e. The van der Waals surface area contributed by atoms with Gasteiger partial charge in [0.25, 0.3) is 0 Å². The minimum absolute atomic E-state index is 0.112. The second-order valence-corrected chi connectivity index (χ2v) is 2.41. The van der Waals surface area contributed by atoms with E-state index in [0.29, 0.717) is 0 Å². The predicted octanol–water partition coefficient (Wildman–Crippen LogP) is 2.39. The van der Waals surface area contributed by atoms with Gasteiger partial charge in [0.2, 0.25) is 0 Å². The molecule has 3 heteroatoms. The highest BCUT2D eigenvalue weighted by molar-refractivity contribution is 5.45. The van der Waals surface area contributed by atoms with Gasteiger partial charge in [-0.2, -0.15) is 0 Å². The SMILES string of the molecule is FCCN(CF)c1ccccc1. The summed E-state index contributed by atoms with van der Waals surface area (Å²) in [5, 5.41) is 0.